The zero-order chi connectivity index (χ0) is 11.4. The van der Waals surface area contributed by atoms with Crippen molar-refractivity contribution in [2.24, 2.45) is 5.92 Å². The van der Waals surface area contributed by atoms with E-state index >= 15 is 0 Å². The highest BCUT2D eigenvalue weighted by Gasteiger charge is 2.26. The Morgan fingerprint density at radius 2 is 2.06 bits per heavy atom. The molecule has 0 atom stereocenters. The fraction of sp³-hybridized carbons (Fsp3) is 0.769. The van der Waals surface area contributed by atoms with E-state index < -0.39 is 0 Å². The summed E-state index contributed by atoms with van der Waals surface area (Å²) >= 11 is 0. The van der Waals surface area contributed by atoms with Crippen LogP contribution in [0.3, 0.4) is 0 Å². The first-order valence-corrected chi connectivity index (χ1v) is 6.21. The van der Waals surface area contributed by atoms with Gasteiger partial charge in [-0.1, -0.05) is 24.8 Å². The summed E-state index contributed by atoms with van der Waals surface area (Å²) in [5.74, 6) is 0.409. The molecule has 1 aliphatic heterocycles. The molecule has 16 heavy (non-hydrogen) atoms. The molecule has 2 rings (SSSR count). The summed E-state index contributed by atoms with van der Waals surface area (Å²) < 4.78 is 10.2. The molecule has 0 bridgehead atoms. The van der Waals surface area contributed by atoms with Gasteiger partial charge in [0.05, 0.1) is 25.9 Å². The van der Waals surface area contributed by atoms with Crippen LogP contribution in [0.25, 0.3) is 0 Å². The molecule has 0 radical (unpaired) electrons. The van der Waals surface area contributed by atoms with Gasteiger partial charge < -0.3 is 9.47 Å². The molecule has 1 fully saturated rings. The van der Waals surface area contributed by atoms with Crippen molar-refractivity contribution >= 4 is 5.97 Å². The van der Waals surface area contributed by atoms with Crippen LogP contribution < -0.4 is 0 Å². The fourth-order valence-electron chi connectivity index (χ4n) is 2.81. The molecule has 0 aromatic rings. The van der Waals surface area contributed by atoms with Crippen LogP contribution in [-0.2, 0) is 14.3 Å². The second-order valence-corrected chi connectivity index (χ2v) is 4.63. The molecule has 0 spiro atoms. The van der Waals surface area contributed by atoms with Crippen molar-refractivity contribution in [3.05, 3.63) is 11.1 Å². The first-order valence-electron chi connectivity index (χ1n) is 6.21. The molecule has 0 aromatic heterocycles. The van der Waals surface area contributed by atoms with Gasteiger partial charge in [0.1, 0.15) is 0 Å². The van der Waals surface area contributed by atoms with Crippen LogP contribution in [-0.4, -0.2) is 26.3 Å². The predicted molar refractivity (Wildman–Crippen MR) is 61.1 cm³/mol. The minimum absolute atomic E-state index is 0.194. The van der Waals surface area contributed by atoms with Gasteiger partial charge in [0.25, 0.3) is 0 Å². The Hall–Kier alpha value is -0.830. The minimum atomic E-state index is -0.194. The number of esters is 1. The highest BCUT2D eigenvalue weighted by molar-refractivity contribution is 5.89. The third-order valence-corrected chi connectivity index (χ3v) is 3.68. The normalized spacial score (nSPS) is 23.3. The standard InChI is InChI=1S/C13H20O3/c1-15-13(14)12-9-16-8-7-11(12)10-5-3-2-4-6-10/h10H,2-9H2,1H3. The highest BCUT2D eigenvalue weighted by Crippen LogP contribution is 2.34. The first kappa shape index (κ1) is 11.6. The maximum atomic E-state index is 11.7. The maximum Gasteiger partial charge on any atom is 0.336 e. The molecule has 0 amide bonds. The van der Waals surface area contributed by atoms with E-state index in [-0.39, 0.29) is 5.97 Å². The van der Waals surface area contributed by atoms with E-state index in [2.05, 4.69) is 0 Å². The van der Waals surface area contributed by atoms with Crippen molar-refractivity contribution < 1.29 is 14.3 Å². The van der Waals surface area contributed by atoms with Gasteiger partial charge in [0.15, 0.2) is 0 Å². The summed E-state index contributed by atoms with van der Waals surface area (Å²) in [6.45, 7) is 1.20. The van der Waals surface area contributed by atoms with Crippen molar-refractivity contribution in [2.75, 3.05) is 20.3 Å². The van der Waals surface area contributed by atoms with Crippen molar-refractivity contribution in [1.82, 2.24) is 0 Å². The molecule has 2 aliphatic rings. The second-order valence-electron chi connectivity index (χ2n) is 4.63. The van der Waals surface area contributed by atoms with Crippen LogP contribution in [0.4, 0.5) is 0 Å². The molecule has 1 saturated carbocycles. The summed E-state index contributed by atoms with van der Waals surface area (Å²) in [6, 6.07) is 0. The van der Waals surface area contributed by atoms with Crippen molar-refractivity contribution in [3.8, 4) is 0 Å². The van der Waals surface area contributed by atoms with Gasteiger partial charge in [-0.2, -0.15) is 0 Å². The zero-order valence-corrected chi connectivity index (χ0v) is 9.96. The first-order chi connectivity index (χ1) is 7.83. The number of hydrogen-bond donors (Lipinski definition) is 0. The summed E-state index contributed by atoms with van der Waals surface area (Å²) in [5.41, 5.74) is 2.11. The van der Waals surface area contributed by atoms with E-state index in [0.717, 1.165) is 18.6 Å². The Kier molecular flexibility index (Phi) is 3.99. The van der Waals surface area contributed by atoms with E-state index in [4.69, 9.17) is 9.47 Å². The molecule has 0 unspecified atom stereocenters. The SMILES string of the molecule is COC(=O)C1=C(C2CCCCC2)CCOC1. The molecule has 0 aromatic carbocycles. The molecule has 0 saturated heterocycles. The van der Waals surface area contributed by atoms with Crippen LogP contribution in [0.2, 0.25) is 0 Å². The van der Waals surface area contributed by atoms with Gasteiger partial charge in [-0.05, 0) is 25.2 Å². The average molecular weight is 224 g/mol. The Bertz CT molecular complexity index is 288. The molecular formula is C13H20O3. The van der Waals surface area contributed by atoms with E-state index in [1.165, 1.54) is 44.8 Å². The smallest absolute Gasteiger partial charge is 0.336 e. The highest BCUT2D eigenvalue weighted by atomic mass is 16.5. The number of carbonyl (C=O) groups is 1. The lowest BCUT2D eigenvalue weighted by Gasteiger charge is -2.29. The molecular weight excluding hydrogens is 204 g/mol. The average Bonchev–Trinajstić information content (AvgIpc) is 2.39. The Balaban J connectivity index is 2.17. The second kappa shape index (κ2) is 5.48. The molecule has 3 heteroatoms. The van der Waals surface area contributed by atoms with Crippen LogP contribution in [0.15, 0.2) is 11.1 Å². The lowest BCUT2D eigenvalue weighted by atomic mass is 9.80. The van der Waals surface area contributed by atoms with Crippen molar-refractivity contribution in [1.29, 1.82) is 0 Å². The van der Waals surface area contributed by atoms with Crippen LogP contribution in [0.5, 0.6) is 0 Å². The van der Waals surface area contributed by atoms with Crippen molar-refractivity contribution in [2.45, 2.75) is 38.5 Å². The summed E-state index contributed by atoms with van der Waals surface area (Å²) in [5, 5.41) is 0. The van der Waals surface area contributed by atoms with Gasteiger partial charge in [0.2, 0.25) is 0 Å². The molecule has 3 nitrogen and oxygen atoms in total. The lowest BCUT2D eigenvalue weighted by Crippen LogP contribution is -2.24. The molecule has 90 valence electrons. The predicted octanol–water partition coefficient (Wildman–Crippen LogP) is 2.46. The summed E-state index contributed by atoms with van der Waals surface area (Å²) in [6.07, 6.45) is 7.31. The quantitative estimate of drug-likeness (QED) is 0.676. The van der Waals surface area contributed by atoms with E-state index in [1.807, 2.05) is 0 Å². The number of rotatable bonds is 2. The largest absolute Gasteiger partial charge is 0.466 e. The van der Waals surface area contributed by atoms with E-state index in [1.54, 1.807) is 0 Å². The summed E-state index contributed by atoms with van der Waals surface area (Å²) in [7, 11) is 1.45. The third-order valence-electron chi connectivity index (χ3n) is 3.68. The van der Waals surface area contributed by atoms with Crippen LogP contribution in [0.1, 0.15) is 38.5 Å². The maximum absolute atomic E-state index is 11.7. The third kappa shape index (κ3) is 2.46. The molecule has 1 aliphatic carbocycles. The van der Waals surface area contributed by atoms with Gasteiger partial charge in [-0.3, -0.25) is 0 Å². The topological polar surface area (TPSA) is 35.5 Å². The molecule has 0 N–H and O–H groups in total. The van der Waals surface area contributed by atoms with Gasteiger partial charge in [0, 0.05) is 0 Å². The number of hydrogen-bond acceptors (Lipinski definition) is 3. The Labute approximate surface area is 96.8 Å². The lowest BCUT2D eigenvalue weighted by molar-refractivity contribution is -0.137. The van der Waals surface area contributed by atoms with E-state index in [9.17, 15) is 4.79 Å². The number of methoxy groups -OCH3 is 1. The number of carbonyl (C=O) groups excluding carboxylic acids is 1. The Morgan fingerprint density at radius 3 is 2.75 bits per heavy atom. The van der Waals surface area contributed by atoms with Crippen LogP contribution >= 0.6 is 0 Å². The van der Waals surface area contributed by atoms with Crippen molar-refractivity contribution in [3.63, 3.8) is 0 Å². The van der Waals surface area contributed by atoms with Crippen LogP contribution in [0, 0.1) is 5.92 Å². The minimum Gasteiger partial charge on any atom is -0.466 e. The zero-order valence-electron chi connectivity index (χ0n) is 9.96. The summed E-state index contributed by atoms with van der Waals surface area (Å²) in [4.78, 5) is 11.7. The Morgan fingerprint density at radius 1 is 1.31 bits per heavy atom. The van der Waals surface area contributed by atoms with E-state index in [0.29, 0.717) is 12.5 Å². The fourth-order valence-corrected chi connectivity index (χ4v) is 2.81. The molecule has 1 heterocycles. The van der Waals surface area contributed by atoms with Gasteiger partial charge in [-0.25, -0.2) is 4.79 Å². The monoisotopic (exact) mass is 224 g/mol. The number of ether oxygens (including phenoxy) is 2. The van der Waals surface area contributed by atoms with Gasteiger partial charge >= 0.3 is 5.97 Å². The van der Waals surface area contributed by atoms with Gasteiger partial charge in [-0.15, -0.1) is 0 Å².